The Labute approximate surface area is 240 Å². The number of nitrogens with zero attached hydrogens (tertiary/aromatic N) is 4. The molecule has 1 fully saturated rings. The van der Waals surface area contributed by atoms with E-state index in [1.807, 2.05) is 91.7 Å². The van der Waals surface area contributed by atoms with E-state index in [1.165, 1.54) is 0 Å². The molecule has 3 aromatic carbocycles. The average Bonchev–Trinajstić information content (AvgIpc) is 3.01. The molecule has 0 radical (unpaired) electrons. The minimum Gasteiger partial charge on any atom is -0.492 e. The summed E-state index contributed by atoms with van der Waals surface area (Å²) in [5.41, 5.74) is 2.36. The molecule has 2 heterocycles. The Morgan fingerprint density at radius 3 is 2.39 bits per heavy atom. The van der Waals surface area contributed by atoms with Gasteiger partial charge in [0.1, 0.15) is 17.3 Å². The first-order chi connectivity index (χ1) is 20.0. The highest BCUT2D eigenvalue weighted by Crippen LogP contribution is 2.28. The summed E-state index contributed by atoms with van der Waals surface area (Å²) in [5.74, 6) is 1.92. The number of carbonyl (C=O) groups is 1. The number of piperazine rings is 1. The first-order valence-corrected chi connectivity index (χ1v) is 14.1. The lowest BCUT2D eigenvalue weighted by Crippen LogP contribution is -2.51. The third-order valence-corrected chi connectivity index (χ3v) is 7.46. The summed E-state index contributed by atoms with van der Waals surface area (Å²) in [6.45, 7) is 7.71. The van der Waals surface area contributed by atoms with Crippen LogP contribution in [0.25, 0.3) is 16.6 Å². The van der Waals surface area contributed by atoms with Crippen LogP contribution in [0.5, 0.6) is 11.5 Å². The minimum absolute atomic E-state index is 0.000905. The SMILES string of the molecule is CCOc1ccccc1-n1c(C(C)N2CCN(C(=O)COc3ccc(CNC)cc3)CC2)nc2ccccc2c1=O. The molecule has 1 amide bonds. The molecule has 0 bridgehead atoms. The Balaban J connectivity index is 1.32. The number of nitrogens with one attached hydrogen (secondary N) is 1. The van der Waals surface area contributed by atoms with Crippen molar-refractivity contribution in [3.63, 3.8) is 0 Å². The van der Waals surface area contributed by atoms with Crippen molar-refractivity contribution in [2.45, 2.75) is 26.4 Å². The van der Waals surface area contributed by atoms with Gasteiger partial charge in [-0.3, -0.25) is 19.1 Å². The van der Waals surface area contributed by atoms with Crippen LogP contribution in [-0.4, -0.2) is 71.7 Å². The van der Waals surface area contributed by atoms with E-state index in [9.17, 15) is 9.59 Å². The Hall–Kier alpha value is -4.21. The van der Waals surface area contributed by atoms with E-state index in [2.05, 4.69) is 17.1 Å². The molecular weight excluding hydrogens is 518 g/mol. The second-order valence-corrected chi connectivity index (χ2v) is 10.1. The van der Waals surface area contributed by atoms with Crippen LogP contribution in [0.4, 0.5) is 0 Å². The standard InChI is InChI=1S/C32H37N5O4/c1-4-40-29-12-8-7-11-28(29)37-31(34-27-10-6-5-9-26(27)32(37)39)23(2)35-17-19-36(20-18-35)30(38)22-41-25-15-13-24(14-16-25)21-33-3/h5-16,23,33H,4,17-22H2,1-3H3. The fraction of sp³-hybridized carbons (Fsp3) is 0.344. The van der Waals surface area contributed by atoms with Gasteiger partial charge in [-0.25, -0.2) is 4.98 Å². The molecule has 214 valence electrons. The highest BCUT2D eigenvalue weighted by Gasteiger charge is 2.29. The van der Waals surface area contributed by atoms with Crippen LogP contribution in [0.3, 0.4) is 0 Å². The van der Waals surface area contributed by atoms with Crippen molar-refractivity contribution in [2.75, 3.05) is 46.4 Å². The molecule has 1 aromatic heterocycles. The van der Waals surface area contributed by atoms with E-state index in [0.29, 0.717) is 66.7 Å². The molecule has 4 aromatic rings. The summed E-state index contributed by atoms with van der Waals surface area (Å²) in [7, 11) is 1.91. The average molecular weight is 556 g/mol. The van der Waals surface area contributed by atoms with Gasteiger partial charge in [-0.05, 0) is 62.9 Å². The predicted octanol–water partition coefficient (Wildman–Crippen LogP) is 3.79. The van der Waals surface area contributed by atoms with Crippen molar-refractivity contribution in [2.24, 2.45) is 0 Å². The molecule has 0 aliphatic carbocycles. The quantitative estimate of drug-likeness (QED) is 0.319. The number of amides is 1. The zero-order valence-electron chi connectivity index (χ0n) is 23.9. The van der Waals surface area contributed by atoms with Crippen LogP contribution in [-0.2, 0) is 11.3 Å². The van der Waals surface area contributed by atoms with E-state index >= 15 is 0 Å². The van der Waals surface area contributed by atoms with Crippen LogP contribution in [0.1, 0.15) is 31.3 Å². The number of carbonyl (C=O) groups excluding carboxylic acids is 1. The lowest BCUT2D eigenvalue weighted by atomic mass is 10.1. The van der Waals surface area contributed by atoms with Gasteiger partial charge in [-0.2, -0.15) is 0 Å². The molecule has 1 atom stereocenters. The number of hydrogen-bond donors (Lipinski definition) is 1. The number of para-hydroxylation sites is 3. The maximum Gasteiger partial charge on any atom is 0.266 e. The lowest BCUT2D eigenvalue weighted by molar-refractivity contribution is -0.135. The first kappa shape index (κ1) is 28.3. The topological polar surface area (TPSA) is 88.9 Å². The van der Waals surface area contributed by atoms with Crippen LogP contribution < -0.4 is 20.3 Å². The van der Waals surface area contributed by atoms with Gasteiger partial charge < -0.3 is 19.7 Å². The molecule has 9 nitrogen and oxygen atoms in total. The molecule has 0 spiro atoms. The minimum atomic E-state index is -0.174. The zero-order chi connectivity index (χ0) is 28.8. The summed E-state index contributed by atoms with van der Waals surface area (Å²) in [6, 6.07) is 22.6. The van der Waals surface area contributed by atoms with E-state index in [1.54, 1.807) is 4.57 Å². The van der Waals surface area contributed by atoms with Crippen LogP contribution in [0.15, 0.2) is 77.6 Å². The van der Waals surface area contributed by atoms with Crippen molar-refractivity contribution in [3.05, 3.63) is 94.5 Å². The summed E-state index contributed by atoms with van der Waals surface area (Å²) >= 11 is 0. The summed E-state index contributed by atoms with van der Waals surface area (Å²) in [6.07, 6.45) is 0. The summed E-state index contributed by atoms with van der Waals surface area (Å²) in [5, 5.41) is 3.67. The third-order valence-electron chi connectivity index (χ3n) is 7.46. The van der Waals surface area contributed by atoms with E-state index in [4.69, 9.17) is 14.5 Å². The van der Waals surface area contributed by atoms with Crippen molar-refractivity contribution < 1.29 is 14.3 Å². The smallest absolute Gasteiger partial charge is 0.266 e. The largest absolute Gasteiger partial charge is 0.492 e. The fourth-order valence-corrected chi connectivity index (χ4v) is 5.25. The summed E-state index contributed by atoms with van der Waals surface area (Å²) in [4.78, 5) is 35.9. The molecule has 1 N–H and O–H groups in total. The van der Waals surface area contributed by atoms with Crippen molar-refractivity contribution in [1.82, 2.24) is 24.7 Å². The van der Waals surface area contributed by atoms with Gasteiger partial charge in [0, 0.05) is 32.7 Å². The second kappa shape index (κ2) is 13.0. The number of rotatable bonds is 10. The molecular formula is C32H37N5O4. The molecule has 9 heteroatoms. The zero-order valence-corrected chi connectivity index (χ0v) is 23.9. The van der Waals surface area contributed by atoms with E-state index < -0.39 is 0 Å². The van der Waals surface area contributed by atoms with Crippen molar-refractivity contribution in [3.8, 4) is 17.2 Å². The van der Waals surface area contributed by atoms with Gasteiger partial charge in [-0.1, -0.05) is 36.4 Å². The Bertz CT molecular complexity index is 1540. The van der Waals surface area contributed by atoms with Gasteiger partial charge in [-0.15, -0.1) is 0 Å². The number of fused-ring (bicyclic) bond motifs is 1. The Morgan fingerprint density at radius 2 is 1.66 bits per heavy atom. The van der Waals surface area contributed by atoms with E-state index in [-0.39, 0.29) is 24.1 Å². The van der Waals surface area contributed by atoms with Crippen LogP contribution in [0, 0.1) is 0 Å². The monoisotopic (exact) mass is 555 g/mol. The van der Waals surface area contributed by atoms with Gasteiger partial charge in [0.25, 0.3) is 11.5 Å². The Kier molecular flexibility index (Phi) is 8.96. The molecule has 1 aliphatic rings. The lowest BCUT2D eigenvalue weighted by Gasteiger charge is -2.38. The van der Waals surface area contributed by atoms with Crippen LogP contribution in [0.2, 0.25) is 0 Å². The van der Waals surface area contributed by atoms with Gasteiger partial charge in [0.05, 0.1) is 29.2 Å². The maximum atomic E-state index is 13.9. The number of ether oxygens (including phenoxy) is 2. The van der Waals surface area contributed by atoms with Gasteiger partial charge in [0.15, 0.2) is 6.61 Å². The predicted molar refractivity (Wildman–Crippen MR) is 160 cm³/mol. The number of benzene rings is 3. The van der Waals surface area contributed by atoms with Crippen LogP contribution >= 0.6 is 0 Å². The highest BCUT2D eigenvalue weighted by atomic mass is 16.5. The number of aromatic nitrogens is 2. The maximum absolute atomic E-state index is 13.9. The molecule has 1 saturated heterocycles. The van der Waals surface area contributed by atoms with E-state index in [0.717, 1.165) is 12.1 Å². The van der Waals surface area contributed by atoms with Crippen molar-refractivity contribution >= 4 is 16.8 Å². The number of hydrogen-bond acceptors (Lipinski definition) is 7. The Morgan fingerprint density at radius 1 is 0.951 bits per heavy atom. The molecule has 1 aliphatic heterocycles. The molecule has 1 unspecified atom stereocenters. The van der Waals surface area contributed by atoms with Gasteiger partial charge >= 0.3 is 0 Å². The molecule has 41 heavy (non-hydrogen) atoms. The molecule has 5 rings (SSSR count). The van der Waals surface area contributed by atoms with Gasteiger partial charge in [0.2, 0.25) is 0 Å². The summed E-state index contributed by atoms with van der Waals surface area (Å²) < 4.78 is 13.3. The fourth-order valence-electron chi connectivity index (χ4n) is 5.25. The third kappa shape index (κ3) is 6.26. The molecule has 0 saturated carbocycles. The highest BCUT2D eigenvalue weighted by molar-refractivity contribution is 5.78. The van der Waals surface area contributed by atoms with Crippen molar-refractivity contribution in [1.29, 1.82) is 0 Å². The second-order valence-electron chi connectivity index (χ2n) is 10.1. The normalized spacial score (nSPS) is 14.7. The first-order valence-electron chi connectivity index (χ1n) is 14.1.